The zero-order valence-electron chi connectivity index (χ0n) is 18.0. The highest BCUT2D eigenvalue weighted by Crippen LogP contribution is 2.43. The number of nitrogens with one attached hydrogen (secondary N) is 1. The molecule has 9 nitrogen and oxygen atoms in total. The molecule has 1 fully saturated rings. The Morgan fingerprint density at radius 2 is 1.91 bits per heavy atom. The van der Waals surface area contributed by atoms with Crippen molar-refractivity contribution in [2.75, 3.05) is 16.8 Å². The summed E-state index contributed by atoms with van der Waals surface area (Å²) in [7, 11) is 0. The molecule has 2 heterocycles. The number of hydrogen-bond donors (Lipinski definition) is 3. The molecule has 35 heavy (non-hydrogen) atoms. The Labute approximate surface area is 211 Å². The van der Waals surface area contributed by atoms with Crippen LogP contribution in [0.4, 0.5) is 26.4 Å². The highest BCUT2D eigenvalue weighted by molar-refractivity contribution is 14.1. The summed E-state index contributed by atoms with van der Waals surface area (Å²) in [6, 6.07) is 9.25. The third-order valence-electron chi connectivity index (χ3n) is 5.71. The lowest BCUT2D eigenvalue weighted by atomic mass is 10.1. The molecule has 0 bridgehead atoms. The summed E-state index contributed by atoms with van der Waals surface area (Å²) in [6.45, 7) is 0. The van der Waals surface area contributed by atoms with E-state index >= 15 is 0 Å². The Bertz CT molecular complexity index is 1600. The summed E-state index contributed by atoms with van der Waals surface area (Å²) < 4.78 is 30.1. The Hall–Kier alpha value is -3.86. The molecule has 0 aliphatic heterocycles. The van der Waals surface area contributed by atoms with Gasteiger partial charge in [0.2, 0.25) is 5.95 Å². The van der Waals surface area contributed by atoms with Crippen molar-refractivity contribution in [3.63, 3.8) is 0 Å². The summed E-state index contributed by atoms with van der Waals surface area (Å²) in [4.78, 5) is 26.4. The van der Waals surface area contributed by atoms with Crippen LogP contribution >= 0.6 is 22.6 Å². The van der Waals surface area contributed by atoms with Gasteiger partial charge in [0, 0.05) is 3.57 Å². The van der Waals surface area contributed by atoms with Crippen LogP contribution < -0.4 is 22.3 Å². The highest BCUT2D eigenvalue weighted by atomic mass is 127. The van der Waals surface area contributed by atoms with Crippen LogP contribution in [0.15, 0.2) is 41.2 Å². The van der Waals surface area contributed by atoms with Gasteiger partial charge in [-0.15, -0.1) is 0 Å². The Balaban J connectivity index is 1.79. The normalized spacial score (nSPS) is 14.0. The van der Waals surface area contributed by atoms with Crippen molar-refractivity contribution in [2.24, 2.45) is 5.92 Å². The van der Waals surface area contributed by atoms with E-state index in [0.29, 0.717) is 9.09 Å². The molecule has 5 rings (SSSR count). The van der Waals surface area contributed by atoms with E-state index in [0.717, 1.165) is 18.9 Å². The number of rotatable bonds is 5. The number of benzene rings is 2. The summed E-state index contributed by atoms with van der Waals surface area (Å²) in [5, 5.41) is 12.8. The Kier molecular flexibility index (Phi) is 5.72. The number of aromatic nitrogens is 4. The molecule has 176 valence electrons. The minimum Gasteiger partial charge on any atom is -0.382 e. The van der Waals surface area contributed by atoms with Gasteiger partial charge < -0.3 is 16.8 Å². The topological polar surface area (TPSA) is 149 Å². The molecule has 1 aliphatic rings. The summed E-state index contributed by atoms with van der Waals surface area (Å²) >= 11 is 1.92. The first kappa shape index (κ1) is 22.9. The van der Waals surface area contributed by atoms with Crippen LogP contribution in [0.1, 0.15) is 30.3 Å². The molecular formula is C23H17F2IN8O. The van der Waals surface area contributed by atoms with Crippen molar-refractivity contribution in [3.8, 4) is 11.8 Å². The number of nitrogens with two attached hydrogens (primary N) is 2. The SMILES string of the molecule is N#Cc1c(N)nc(N)nc1NC(c1nc2c(I)cc(F)cc2c(=O)n1-c1cccc(F)c1)C1CC1. The number of hydrogen-bond acceptors (Lipinski definition) is 8. The second kappa shape index (κ2) is 8.73. The first-order valence-corrected chi connectivity index (χ1v) is 11.6. The van der Waals surface area contributed by atoms with Crippen LogP contribution in [0.3, 0.4) is 0 Å². The highest BCUT2D eigenvalue weighted by Gasteiger charge is 2.37. The molecule has 4 aromatic rings. The van der Waals surface area contributed by atoms with Crippen LogP contribution in [0.2, 0.25) is 0 Å². The van der Waals surface area contributed by atoms with Gasteiger partial charge in [0.15, 0.2) is 5.82 Å². The van der Waals surface area contributed by atoms with Crippen LogP contribution in [-0.2, 0) is 0 Å². The van der Waals surface area contributed by atoms with Crippen LogP contribution in [0.5, 0.6) is 0 Å². The van der Waals surface area contributed by atoms with Gasteiger partial charge in [-0.05, 0) is 71.7 Å². The predicted molar refractivity (Wildman–Crippen MR) is 135 cm³/mol. The molecule has 0 saturated heterocycles. The van der Waals surface area contributed by atoms with Crippen molar-refractivity contribution in [1.29, 1.82) is 5.26 Å². The Morgan fingerprint density at radius 3 is 2.60 bits per heavy atom. The van der Waals surface area contributed by atoms with E-state index in [4.69, 9.17) is 16.5 Å². The quantitative estimate of drug-likeness (QED) is 0.300. The summed E-state index contributed by atoms with van der Waals surface area (Å²) in [5.41, 5.74) is 11.6. The molecule has 0 spiro atoms. The van der Waals surface area contributed by atoms with E-state index in [1.54, 1.807) is 6.07 Å². The first-order valence-electron chi connectivity index (χ1n) is 10.5. The van der Waals surface area contributed by atoms with Gasteiger partial charge in [-0.3, -0.25) is 9.36 Å². The molecule has 1 saturated carbocycles. The number of anilines is 3. The zero-order chi connectivity index (χ0) is 24.9. The largest absolute Gasteiger partial charge is 0.382 e. The van der Waals surface area contributed by atoms with Crippen molar-refractivity contribution in [2.45, 2.75) is 18.9 Å². The third kappa shape index (κ3) is 4.23. The fraction of sp³-hybridized carbons (Fsp3) is 0.174. The fourth-order valence-corrected chi connectivity index (χ4v) is 4.69. The number of halogens is 3. The van der Waals surface area contributed by atoms with Gasteiger partial charge >= 0.3 is 0 Å². The maximum Gasteiger partial charge on any atom is 0.266 e. The van der Waals surface area contributed by atoms with E-state index in [2.05, 4.69) is 15.3 Å². The minimum atomic E-state index is -0.614. The zero-order valence-corrected chi connectivity index (χ0v) is 20.1. The molecule has 1 atom stereocenters. The van der Waals surface area contributed by atoms with E-state index in [1.165, 1.54) is 28.8 Å². The van der Waals surface area contributed by atoms with Gasteiger partial charge in [0.05, 0.1) is 22.6 Å². The second-order valence-corrected chi connectivity index (χ2v) is 9.30. The molecule has 0 amide bonds. The van der Waals surface area contributed by atoms with Gasteiger partial charge in [-0.1, -0.05) is 6.07 Å². The number of fused-ring (bicyclic) bond motifs is 1. The lowest BCUT2D eigenvalue weighted by molar-refractivity contribution is 0.601. The number of nitrogen functional groups attached to an aromatic ring is 2. The summed E-state index contributed by atoms with van der Waals surface area (Å²) in [5.74, 6) is -0.951. The smallest absolute Gasteiger partial charge is 0.266 e. The Morgan fingerprint density at radius 1 is 1.14 bits per heavy atom. The standard InChI is InChI=1S/C23H17F2IN8O/c24-11-2-1-3-13(6-11)34-21(31-18-14(22(34)35)7-12(25)8-16(18)26)17(10-4-5-10)30-20-15(9-27)19(28)32-23(29)33-20/h1-3,6-8,10,17H,4-5H2,(H5,28,29,30,32,33). The van der Waals surface area contributed by atoms with E-state index in [9.17, 15) is 18.8 Å². The van der Waals surface area contributed by atoms with Crippen LogP contribution in [-0.4, -0.2) is 19.5 Å². The molecule has 5 N–H and O–H groups in total. The average molecular weight is 586 g/mol. The number of nitriles is 1. The van der Waals surface area contributed by atoms with Crippen LogP contribution in [0.25, 0.3) is 16.6 Å². The first-order chi connectivity index (χ1) is 16.8. The molecule has 1 aliphatic carbocycles. The maximum absolute atomic E-state index is 14.2. The molecule has 2 aromatic carbocycles. The number of nitrogens with zero attached hydrogens (tertiary/aromatic N) is 5. The lowest BCUT2D eigenvalue weighted by Gasteiger charge is -2.24. The average Bonchev–Trinajstić information content (AvgIpc) is 3.63. The van der Waals surface area contributed by atoms with E-state index < -0.39 is 23.2 Å². The molecule has 12 heteroatoms. The van der Waals surface area contributed by atoms with Gasteiger partial charge in [-0.2, -0.15) is 15.2 Å². The summed E-state index contributed by atoms with van der Waals surface area (Å²) in [6.07, 6.45) is 1.63. The minimum absolute atomic E-state index is 0.00180. The predicted octanol–water partition coefficient (Wildman–Crippen LogP) is 3.66. The van der Waals surface area contributed by atoms with Crippen molar-refractivity contribution < 1.29 is 8.78 Å². The molecule has 0 radical (unpaired) electrons. The van der Waals surface area contributed by atoms with Crippen LogP contribution in [0, 0.1) is 32.5 Å². The van der Waals surface area contributed by atoms with Gasteiger partial charge in [0.1, 0.15) is 34.9 Å². The lowest BCUT2D eigenvalue weighted by Crippen LogP contribution is -2.30. The van der Waals surface area contributed by atoms with Crippen molar-refractivity contribution in [3.05, 3.63) is 73.3 Å². The molecule has 1 unspecified atom stereocenters. The van der Waals surface area contributed by atoms with E-state index in [-0.39, 0.29) is 46.0 Å². The third-order valence-corrected chi connectivity index (χ3v) is 6.54. The monoisotopic (exact) mass is 586 g/mol. The van der Waals surface area contributed by atoms with E-state index in [1.807, 2.05) is 28.7 Å². The molecule has 2 aromatic heterocycles. The maximum atomic E-state index is 14.2. The fourth-order valence-electron chi connectivity index (χ4n) is 3.99. The van der Waals surface area contributed by atoms with Gasteiger partial charge in [0.25, 0.3) is 5.56 Å². The van der Waals surface area contributed by atoms with Crippen molar-refractivity contribution >= 4 is 51.1 Å². The second-order valence-electron chi connectivity index (χ2n) is 8.14. The molecular weight excluding hydrogens is 569 g/mol. The van der Waals surface area contributed by atoms with Crippen molar-refractivity contribution in [1.82, 2.24) is 19.5 Å². The van der Waals surface area contributed by atoms with Gasteiger partial charge in [-0.25, -0.2) is 13.8 Å².